The van der Waals surface area contributed by atoms with Crippen LogP contribution < -0.4 is 10.4 Å². The molecule has 2 heterocycles. The van der Waals surface area contributed by atoms with Gasteiger partial charge in [0, 0.05) is 16.7 Å². The van der Waals surface area contributed by atoms with Gasteiger partial charge < -0.3 is 0 Å². The molecule has 0 amide bonds. The monoisotopic (exact) mass is 669 g/mol. The lowest BCUT2D eigenvalue weighted by Crippen LogP contribution is -2.49. The standard InChI is InChI=1S/C47H35N3Si/c1-51(2)43-21-13-12-20-41(43)42-27-26-37(31-44(42)51)47-49-45(35-18-10-5-11-19-35)48-46(50-47)36-24-22-34(23-25-36)40-29-38(32-14-6-3-7-15-32)28-39(30-40)33-16-8-4-9-17-33/h3-31H,1-2H3. The summed E-state index contributed by atoms with van der Waals surface area (Å²) in [5, 5.41) is 2.92. The van der Waals surface area contributed by atoms with Crippen molar-refractivity contribution in [3.63, 3.8) is 0 Å². The summed E-state index contributed by atoms with van der Waals surface area (Å²) in [6, 6.07) is 62.5. The Balaban J connectivity index is 1.13. The number of hydrogen-bond donors (Lipinski definition) is 0. The third kappa shape index (κ3) is 5.70. The van der Waals surface area contributed by atoms with Crippen LogP contribution in [0.4, 0.5) is 0 Å². The smallest absolute Gasteiger partial charge is 0.164 e. The summed E-state index contributed by atoms with van der Waals surface area (Å²) in [7, 11) is -1.86. The Bertz CT molecular complexity index is 2470. The summed E-state index contributed by atoms with van der Waals surface area (Å²) in [5.41, 5.74) is 12.7. The molecule has 3 nitrogen and oxygen atoms in total. The van der Waals surface area contributed by atoms with Gasteiger partial charge in [0.25, 0.3) is 0 Å². The molecule has 0 unspecified atom stereocenters. The molecular formula is C47H35N3Si. The van der Waals surface area contributed by atoms with E-state index in [0.29, 0.717) is 17.5 Å². The first-order chi connectivity index (χ1) is 25.0. The van der Waals surface area contributed by atoms with E-state index in [0.717, 1.165) is 27.8 Å². The molecule has 0 saturated carbocycles. The van der Waals surface area contributed by atoms with Crippen LogP contribution in [0.25, 0.3) is 78.7 Å². The molecular weight excluding hydrogens is 635 g/mol. The average molecular weight is 670 g/mol. The molecule has 1 aromatic heterocycles. The summed E-state index contributed by atoms with van der Waals surface area (Å²) in [6.45, 7) is 4.88. The molecule has 0 bridgehead atoms. The zero-order chi connectivity index (χ0) is 34.4. The van der Waals surface area contributed by atoms with Gasteiger partial charge in [-0.15, -0.1) is 0 Å². The molecule has 1 aliphatic heterocycles. The van der Waals surface area contributed by atoms with Crippen molar-refractivity contribution < 1.29 is 0 Å². The first-order valence-corrected chi connectivity index (χ1v) is 20.4. The summed E-state index contributed by atoms with van der Waals surface area (Å²) < 4.78 is 0. The maximum atomic E-state index is 5.12. The second-order valence-corrected chi connectivity index (χ2v) is 18.0. The van der Waals surface area contributed by atoms with Crippen molar-refractivity contribution in [1.29, 1.82) is 0 Å². The second kappa shape index (κ2) is 12.6. The maximum absolute atomic E-state index is 5.12. The first-order valence-electron chi connectivity index (χ1n) is 17.4. The molecule has 0 radical (unpaired) electrons. The number of hydrogen-bond acceptors (Lipinski definition) is 3. The molecule has 7 aromatic carbocycles. The highest BCUT2D eigenvalue weighted by atomic mass is 28.3. The van der Waals surface area contributed by atoms with Crippen LogP contribution in [-0.2, 0) is 0 Å². The van der Waals surface area contributed by atoms with E-state index in [1.165, 1.54) is 43.8 Å². The highest BCUT2D eigenvalue weighted by Gasteiger charge is 2.37. The molecule has 8 aromatic rings. The topological polar surface area (TPSA) is 38.7 Å². The van der Waals surface area contributed by atoms with Crippen LogP contribution in [0.5, 0.6) is 0 Å². The van der Waals surface area contributed by atoms with E-state index in [1.54, 1.807) is 0 Å². The zero-order valence-electron chi connectivity index (χ0n) is 28.6. The van der Waals surface area contributed by atoms with Crippen molar-refractivity contribution in [1.82, 2.24) is 15.0 Å². The molecule has 9 rings (SSSR count). The van der Waals surface area contributed by atoms with Crippen molar-refractivity contribution in [2.24, 2.45) is 0 Å². The van der Waals surface area contributed by atoms with Gasteiger partial charge >= 0.3 is 0 Å². The summed E-state index contributed by atoms with van der Waals surface area (Å²) in [6.07, 6.45) is 0. The van der Waals surface area contributed by atoms with E-state index in [1.807, 2.05) is 18.2 Å². The van der Waals surface area contributed by atoms with Crippen molar-refractivity contribution in [2.75, 3.05) is 0 Å². The molecule has 0 spiro atoms. The Morgan fingerprint density at radius 2 is 0.667 bits per heavy atom. The van der Waals surface area contributed by atoms with Gasteiger partial charge in [-0.05, 0) is 73.1 Å². The molecule has 1 aliphatic rings. The molecule has 0 N–H and O–H groups in total. The third-order valence-electron chi connectivity index (χ3n) is 10.1. The van der Waals surface area contributed by atoms with Gasteiger partial charge in [0.2, 0.25) is 0 Å². The van der Waals surface area contributed by atoms with Gasteiger partial charge in [0.15, 0.2) is 17.5 Å². The molecule has 242 valence electrons. The maximum Gasteiger partial charge on any atom is 0.164 e. The number of fused-ring (bicyclic) bond motifs is 3. The predicted molar refractivity (Wildman–Crippen MR) is 215 cm³/mol. The highest BCUT2D eigenvalue weighted by Crippen LogP contribution is 2.35. The molecule has 0 aliphatic carbocycles. The molecule has 0 saturated heterocycles. The molecule has 4 heteroatoms. The minimum atomic E-state index is -1.86. The lowest BCUT2D eigenvalue weighted by molar-refractivity contribution is 1.07. The largest absolute Gasteiger partial charge is 0.208 e. The van der Waals surface area contributed by atoms with E-state index in [4.69, 9.17) is 15.0 Å². The van der Waals surface area contributed by atoms with Crippen molar-refractivity contribution in [3.8, 4) is 78.7 Å². The van der Waals surface area contributed by atoms with Crippen molar-refractivity contribution in [2.45, 2.75) is 13.1 Å². The Kier molecular flexibility index (Phi) is 7.60. The SMILES string of the molecule is C[Si]1(C)c2ccccc2-c2ccc(-c3nc(-c4ccccc4)nc(-c4ccc(-c5cc(-c6ccccc6)cc(-c6ccccc6)c5)cc4)n3)cc21. The number of rotatable bonds is 6. The minimum Gasteiger partial charge on any atom is -0.208 e. The number of nitrogens with zero attached hydrogens (tertiary/aromatic N) is 3. The minimum absolute atomic E-state index is 0.661. The van der Waals surface area contributed by atoms with Crippen molar-refractivity contribution in [3.05, 3.63) is 176 Å². The van der Waals surface area contributed by atoms with Crippen LogP contribution in [0.15, 0.2) is 176 Å². The Hall–Kier alpha value is -6.23. The van der Waals surface area contributed by atoms with Gasteiger partial charge in [-0.3, -0.25) is 0 Å². The summed E-state index contributed by atoms with van der Waals surface area (Å²) in [5.74, 6) is 2.02. The zero-order valence-corrected chi connectivity index (χ0v) is 29.6. The second-order valence-electron chi connectivity index (χ2n) is 13.7. The summed E-state index contributed by atoms with van der Waals surface area (Å²) >= 11 is 0. The third-order valence-corrected chi connectivity index (χ3v) is 13.7. The van der Waals surface area contributed by atoms with Gasteiger partial charge in [0.1, 0.15) is 8.07 Å². The average Bonchev–Trinajstić information content (AvgIpc) is 3.44. The van der Waals surface area contributed by atoms with Gasteiger partial charge in [-0.1, -0.05) is 171 Å². The van der Waals surface area contributed by atoms with Crippen LogP contribution in [0.1, 0.15) is 0 Å². The van der Waals surface area contributed by atoms with Crippen molar-refractivity contribution >= 4 is 18.4 Å². The number of aromatic nitrogens is 3. The Labute approximate surface area is 300 Å². The highest BCUT2D eigenvalue weighted by molar-refractivity contribution is 7.03. The quantitative estimate of drug-likeness (QED) is 0.165. The Morgan fingerprint density at radius 1 is 0.294 bits per heavy atom. The first kappa shape index (κ1) is 30.8. The van der Waals surface area contributed by atoms with Crippen LogP contribution >= 0.6 is 0 Å². The fraction of sp³-hybridized carbons (Fsp3) is 0.0426. The molecule has 0 fully saturated rings. The number of benzene rings is 7. The van der Waals surface area contributed by atoms with Crippen LogP contribution in [-0.4, -0.2) is 23.0 Å². The van der Waals surface area contributed by atoms with E-state index in [9.17, 15) is 0 Å². The fourth-order valence-electron chi connectivity index (χ4n) is 7.39. The van der Waals surface area contributed by atoms with Gasteiger partial charge in [-0.2, -0.15) is 0 Å². The molecule has 0 atom stereocenters. The van der Waals surface area contributed by atoms with E-state index < -0.39 is 8.07 Å². The summed E-state index contributed by atoms with van der Waals surface area (Å²) in [4.78, 5) is 15.2. The van der Waals surface area contributed by atoms with E-state index in [2.05, 4.69) is 171 Å². The van der Waals surface area contributed by atoms with Crippen LogP contribution in [0.2, 0.25) is 13.1 Å². The lowest BCUT2D eigenvalue weighted by atomic mass is 9.93. The normalized spacial score (nSPS) is 12.7. The van der Waals surface area contributed by atoms with Crippen LogP contribution in [0, 0.1) is 0 Å². The van der Waals surface area contributed by atoms with Gasteiger partial charge in [0.05, 0.1) is 0 Å². The van der Waals surface area contributed by atoms with E-state index in [-0.39, 0.29) is 0 Å². The van der Waals surface area contributed by atoms with Crippen LogP contribution in [0.3, 0.4) is 0 Å². The van der Waals surface area contributed by atoms with Gasteiger partial charge in [-0.25, -0.2) is 15.0 Å². The Morgan fingerprint density at radius 3 is 1.22 bits per heavy atom. The molecule has 51 heavy (non-hydrogen) atoms. The fourth-order valence-corrected chi connectivity index (χ4v) is 10.5. The lowest BCUT2D eigenvalue weighted by Gasteiger charge is -2.19. The predicted octanol–water partition coefficient (Wildman–Crippen LogP) is 10.7. The van der Waals surface area contributed by atoms with E-state index >= 15 is 0 Å².